The molecule has 1 saturated carbocycles. The molecule has 2 aromatic heterocycles. The molecule has 1 aliphatic rings. The van der Waals surface area contributed by atoms with Crippen LogP contribution in [0.1, 0.15) is 103 Å². The van der Waals surface area contributed by atoms with Gasteiger partial charge >= 0.3 is 0 Å². The van der Waals surface area contributed by atoms with E-state index in [2.05, 4.69) is 44.7 Å². The minimum absolute atomic E-state index is 0.0340. The minimum atomic E-state index is -0.986. The van der Waals surface area contributed by atoms with E-state index >= 15 is 0 Å². The average molecular weight is 755 g/mol. The quantitative estimate of drug-likeness (QED) is 0.0877. The number of aromatic nitrogens is 3. The van der Waals surface area contributed by atoms with Crippen LogP contribution in [0.5, 0.6) is 0 Å². The first-order valence-electron chi connectivity index (χ1n) is 20.0. The Morgan fingerprint density at radius 3 is 2.31 bits per heavy atom. The number of hydrogen-bond donors (Lipinski definition) is 5. The van der Waals surface area contributed by atoms with Crippen molar-refractivity contribution in [1.29, 1.82) is 0 Å². The summed E-state index contributed by atoms with van der Waals surface area (Å²) >= 11 is 0. The number of benzene rings is 1. The van der Waals surface area contributed by atoms with Crippen molar-refractivity contribution in [3.8, 4) is 0 Å². The lowest BCUT2D eigenvalue weighted by Crippen LogP contribution is -2.55. The number of nitrogens with one attached hydrogen (secondary N) is 4. The van der Waals surface area contributed by atoms with E-state index in [0.29, 0.717) is 37.4 Å². The summed E-state index contributed by atoms with van der Waals surface area (Å²) in [6.45, 7) is 9.94. The molecule has 0 saturated heterocycles. The molecular formula is C44H62N6O5. The molecule has 1 aliphatic carbocycles. The molecule has 298 valence electrons. The molecule has 3 aromatic rings. The van der Waals surface area contributed by atoms with Crippen LogP contribution in [0.15, 0.2) is 79.4 Å². The van der Waals surface area contributed by atoms with Gasteiger partial charge in [-0.15, -0.1) is 0 Å². The van der Waals surface area contributed by atoms with Gasteiger partial charge in [0, 0.05) is 42.3 Å². The predicted octanol–water partition coefficient (Wildman–Crippen LogP) is 6.05. The maximum Gasteiger partial charge on any atom is 0.243 e. The van der Waals surface area contributed by atoms with E-state index in [1.165, 1.54) is 18.8 Å². The number of hydrogen-bond acceptors (Lipinski definition) is 7. The molecule has 0 radical (unpaired) electrons. The lowest BCUT2D eigenvalue weighted by molar-refractivity contribution is -0.135. The summed E-state index contributed by atoms with van der Waals surface area (Å²) in [6.07, 6.45) is 14.2. The maximum absolute atomic E-state index is 14.3. The Hall–Kier alpha value is -4.64. The first kappa shape index (κ1) is 43.1. The van der Waals surface area contributed by atoms with Crippen LogP contribution in [0.3, 0.4) is 0 Å². The predicted molar refractivity (Wildman–Crippen MR) is 214 cm³/mol. The maximum atomic E-state index is 14.3. The number of carbonyl (C=O) groups is 4. The van der Waals surface area contributed by atoms with Gasteiger partial charge in [-0.25, -0.2) is 4.98 Å². The zero-order valence-corrected chi connectivity index (χ0v) is 33.3. The monoisotopic (exact) mass is 754 g/mol. The summed E-state index contributed by atoms with van der Waals surface area (Å²) in [4.78, 5) is 65.8. The molecule has 2 heterocycles. The number of nitrogens with zero attached hydrogens (tertiary/aromatic N) is 2. The molecule has 1 fully saturated rings. The van der Waals surface area contributed by atoms with Gasteiger partial charge in [0.1, 0.15) is 11.8 Å². The Balaban J connectivity index is 1.52. The van der Waals surface area contributed by atoms with E-state index in [9.17, 15) is 24.3 Å². The zero-order chi connectivity index (χ0) is 39.8. The van der Waals surface area contributed by atoms with Gasteiger partial charge in [0.2, 0.25) is 17.7 Å². The number of ketones is 1. The van der Waals surface area contributed by atoms with Crippen LogP contribution in [0.2, 0.25) is 0 Å². The van der Waals surface area contributed by atoms with Gasteiger partial charge in [0.05, 0.1) is 30.7 Å². The third kappa shape index (κ3) is 14.8. The summed E-state index contributed by atoms with van der Waals surface area (Å²) in [6, 6.07) is 13.6. The fourth-order valence-corrected chi connectivity index (χ4v) is 7.15. The summed E-state index contributed by atoms with van der Waals surface area (Å²) in [5.41, 5.74) is 1.72. The van der Waals surface area contributed by atoms with Crippen molar-refractivity contribution in [1.82, 2.24) is 30.9 Å². The third-order valence-corrected chi connectivity index (χ3v) is 10.7. The highest BCUT2D eigenvalue weighted by atomic mass is 16.3. The Labute approximate surface area is 327 Å². The summed E-state index contributed by atoms with van der Waals surface area (Å²) in [7, 11) is 0. The number of aliphatic hydroxyl groups excluding tert-OH is 1. The average Bonchev–Trinajstić information content (AvgIpc) is 3.68. The zero-order valence-electron chi connectivity index (χ0n) is 33.3. The fraction of sp³-hybridized carbons (Fsp3) is 0.545. The van der Waals surface area contributed by atoms with Crippen molar-refractivity contribution in [2.75, 3.05) is 0 Å². The Kier molecular flexibility index (Phi) is 16.8. The van der Waals surface area contributed by atoms with Crippen molar-refractivity contribution in [2.45, 2.75) is 124 Å². The van der Waals surface area contributed by atoms with E-state index in [1.807, 2.05) is 75.4 Å². The second-order valence-corrected chi connectivity index (χ2v) is 16.6. The van der Waals surface area contributed by atoms with Gasteiger partial charge in [-0.1, -0.05) is 109 Å². The topological polar surface area (TPSA) is 166 Å². The summed E-state index contributed by atoms with van der Waals surface area (Å²) in [5.74, 6) is -1.43. The number of imidazole rings is 1. The van der Waals surface area contributed by atoms with E-state index in [1.54, 1.807) is 12.4 Å². The molecule has 5 atom stereocenters. The fourth-order valence-electron chi connectivity index (χ4n) is 7.15. The molecular weight excluding hydrogens is 693 g/mol. The second kappa shape index (κ2) is 21.5. The molecule has 3 amide bonds. The van der Waals surface area contributed by atoms with E-state index in [4.69, 9.17) is 0 Å². The van der Waals surface area contributed by atoms with Gasteiger partial charge < -0.3 is 26.0 Å². The first-order chi connectivity index (χ1) is 26.3. The van der Waals surface area contributed by atoms with Gasteiger partial charge in [0.25, 0.3) is 0 Å². The highest BCUT2D eigenvalue weighted by molar-refractivity contribution is 5.92. The number of amides is 3. The van der Waals surface area contributed by atoms with Crippen LogP contribution in [-0.4, -0.2) is 61.8 Å². The van der Waals surface area contributed by atoms with Crippen molar-refractivity contribution in [2.24, 2.45) is 29.1 Å². The number of Topliss-reactive ketones (excluding diaryl/α,β-unsaturated/α-hetero) is 1. The van der Waals surface area contributed by atoms with Crippen LogP contribution in [0.25, 0.3) is 0 Å². The highest BCUT2D eigenvalue weighted by Gasteiger charge is 2.34. The van der Waals surface area contributed by atoms with Crippen LogP contribution < -0.4 is 16.0 Å². The number of allylic oxidation sites excluding steroid dienone is 1. The first-order valence-corrected chi connectivity index (χ1v) is 20.0. The summed E-state index contributed by atoms with van der Waals surface area (Å²) < 4.78 is 0. The standard InChI is InChI=1S/C44H62N6O5/c1-30(2)33(19-20-41(53)47-28-35-18-12-13-21-46-35)24-39(51)37(23-32-16-10-7-11-17-32)49-43(55)38(26-36-27-45-29-48-36)50-42(54)34(25-40(52)44(3,4)5)22-31-14-8-6-9-15-31/h6,8-9,12-15,18-21,27,29-30,32-34,37-39,51H,7,10-11,16-17,22-26,28H2,1-5H3,(H,45,48)(H,47,53)(H,49,55)(H,50,54)/t33-,34+,37-,38-,39-/m0/s1. The molecule has 11 nitrogen and oxygen atoms in total. The number of pyridine rings is 1. The van der Waals surface area contributed by atoms with E-state index < -0.39 is 35.4 Å². The van der Waals surface area contributed by atoms with Crippen LogP contribution in [-0.2, 0) is 38.6 Å². The van der Waals surface area contributed by atoms with Gasteiger partial charge in [-0.2, -0.15) is 0 Å². The van der Waals surface area contributed by atoms with Gasteiger partial charge in [-0.05, 0) is 60.8 Å². The highest BCUT2D eigenvalue weighted by Crippen LogP contribution is 2.30. The van der Waals surface area contributed by atoms with Crippen molar-refractivity contribution in [3.63, 3.8) is 0 Å². The van der Waals surface area contributed by atoms with Crippen LogP contribution in [0.4, 0.5) is 0 Å². The Bertz CT molecular complexity index is 1650. The van der Waals surface area contributed by atoms with Gasteiger partial charge in [-0.3, -0.25) is 24.2 Å². The molecule has 55 heavy (non-hydrogen) atoms. The molecule has 0 spiro atoms. The Morgan fingerprint density at radius 2 is 1.67 bits per heavy atom. The third-order valence-electron chi connectivity index (χ3n) is 10.7. The van der Waals surface area contributed by atoms with E-state index in [0.717, 1.165) is 36.9 Å². The lowest BCUT2D eigenvalue weighted by atomic mass is 9.81. The van der Waals surface area contributed by atoms with Crippen molar-refractivity contribution >= 4 is 23.5 Å². The van der Waals surface area contributed by atoms with Crippen molar-refractivity contribution in [3.05, 3.63) is 96.4 Å². The minimum Gasteiger partial charge on any atom is -0.391 e. The number of aliphatic hydroxyl groups is 1. The van der Waals surface area contributed by atoms with Crippen LogP contribution >= 0.6 is 0 Å². The molecule has 0 bridgehead atoms. The van der Waals surface area contributed by atoms with E-state index in [-0.39, 0.29) is 42.3 Å². The number of carbonyl (C=O) groups excluding carboxylic acids is 4. The molecule has 0 aliphatic heterocycles. The molecule has 11 heteroatoms. The smallest absolute Gasteiger partial charge is 0.243 e. The SMILES string of the molecule is CC(C)[C@@H](C=CC(=O)NCc1ccccn1)C[C@H](O)[C@H](CC1CCCCC1)NC(=O)[C@H](Cc1cnc[nH]1)NC(=O)[C@@H](CC(=O)C(C)(C)C)Cc1ccccc1. The number of aromatic amines is 1. The molecule has 1 aromatic carbocycles. The molecule has 5 N–H and O–H groups in total. The number of rotatable bonds is 20. The van der Waals surface area contributed by atoms with Gasteiger partial charge in [0.15, 0.2) is 0 Å². The molecule has 4 rings (SSSR count). The second-order valence-electron chi connectivity index (χ2n) is 16.6. The normalized spacial score (nSPS) is 16.6. The number of H-pyrrole nitrogens is 1. The molecule has 0 unspecified atom stereocenters. The summed E-state index contributed by atoms with van der Waals surface area (Å²) in [5, 5.41) is 20.9. The van der Waals surface area contributed by atoms with Crippen molar-refractivity contribution < 1.29 is 24.3 Å². The Morgan fingerprint density at radius 1 is 0.945 bits per heavy atom. The largest absolute Gasteiger partial charge is 0.391 e. The van der Waals surface area contributed by atoms with Crippen LogP contribution in [0, 0.1) is 29.1 Å². The lowest BCUT2D eigenvalue weighted by Gasteiger charge is -2.33.